The van der Waals surface area contributed by atoms with Gasteiger partial charge in [-0.05, 0) is 24.5 Å². The first kappa shape index (κ1) is 12.8. The van der Waals surface area contributed by atoms with Gasteiger partial charge < -0.3 is 9.84 Å². The van der Waals surface area contributed by atoms with Gasteiger partial charge in [0, 0.05) is 0 Å². The molecule has 0 spiro atoms. The van der Waals surface area contributed by atoms with Crippen LogP contribution in [0, 0.1) is 0 Å². The van der Waals surface area contributed by atoms with E-state index in [1.165, 1.54) is 0 Å². The number of nitrogens with zero attached hydrogens (tertiary/aromatic N) is 1. The third kappa shape index (κ3) is 1.98. The van der Waals surface area contributed by atoms with Gasteiger partial charge in [-0.15, -0.1) is 0 Å². The number of hydrogen-bond donors (Lipinski definition) is 1. The van der Waals surface area contributed by atoms with Crippen LogP contribution in [0.15, 0.2) is 24.3 Å². The Kier molecular flexibility index (Phi) is 3.02. The second-order valence-corrected chi connectivity index (χ2v) is 4.90. The molecule has 0 saturated carbocycles. The highest BCUT2D eigenvalue weighted by Crippen LogP contribution is 2.33. The van der Waals surface area contributed by atoms with Crippen molar-refractivity contribution in [2.24, 2.45) is 0 Å². The molecule has 1 aromatic rings. The van der Waals surface area contributed by atoms with Crippen LogP contribution in [0.4, 0.5) is 5.69 Å². The maximum atomic E-state index is 12.3. The number of anilines is 1. The minimum absolute atomic E-state index is 0.233. The van der Waals surface area contributed by atoms with Crippen molar-refractivity contribution in [1.29, 1.82) is 0 Å². The minimum atomic E-state index is -1.01. The zero-order chi connectivity index (χ0) is 14.3. The number of para-hydroxylation sites is 1. The molecule has 2 aliphatic rings. The van der Waals surface area contributed by atoms with Crippen molar-refractivity contribution in [2.45, 2.75) is 31.5 Å². The normalized spacial score (nSPS) is 25.1. The Hall–Kier alpha value is -2.21. The van der Waals surface area contributed by atoms with Gasteiger partial charge in [-0.1, -0.05) is 18.2 Å². The lowest BCUT2D eigenvalue weighted by Crippen LogP contribution is -2.52. The second kappa shape index (κ2) is 4.72. The predicted molar refractivity (Wildman–Crippen MR) is 68.2 cm³/mol. The van der Waals surface area contributed by atoms with Gasteiger partial charge in [-0.3, -0.25) is 14.4 Å². The third-order valence-corrected chi connectivity index (χ3v) is 3.59. The smallest absolute Gasteiger partial charge is 0.307 e. The number of hydrogen-bond acceptors (Lipinski definition) is 4. The molecule has 2 saturated heterocycles. The lowest BCUT2D eigenvalue weighted by molar-refractivity contribution is -0.147. The van der Waals surface area contributed by atoms with Crippen molar-refractivity contribution in [3.05, 3.63) is 29.8 Å². The topological polar surface area (TPSA) is 83.9 Å². The number of rotatable bonds is 3. The van der Waals surface area contributed by atoms with E-state index in [9.17, 15) is 14.4 Å². The van der Waals surface area contributed by atoms with Crippen LogP contribution in [0.2, 0.25) is 0 Å². The molecular weight excluding hydrogens is 262 g/mol. The average molecular weight is 275 g/mol. The molecule has 6 nitrogen and oxygen atoms in total. The fourth-order valence-electron chi connectivity index (χ4n) is 2.68. The van der Waals surface area contributed by atoms with E-state index in [4.69, 9.17) is 9.84 Å². The van der Waals surface area contributed by atoms with Gasteiger partial charge in [-0.2, -0.15) is 0 Å². The number of ether oxygens (including phenoxy) is 1. The number of amides is 2. The summed E-state index contributed by atoms with van der Waals surface area (Å²) in [5, 5.41) is 8.92. The largest absolute Gasteiger partial charge is 0.481 e. The number of carbonyl (C=O) groups is 3. The maximum Gasteiger partial charge on any atom is 0.307 e. The number of carbonyl (C=O) groups excluding carboxylic acids is 2. The summed E-state index contributed by atoms with van der Waals surface area (Å²) in [5.41, 5.74) is 0.799. The van der Waals surface area contributed by atoms with Crippen molar-refractivity contribution in [3.8, 4) is 0 Å². The highest BCUT2D eigenvalue weighted by atomic mass is 16.5. The van der Waals surface area contributed by atoms with Gasteiger partial charge >= 0.3 is 5.97 Å². The van der Waals surface area contributed by atoms with E-state index >= 15 is 0 Å². The summed E-state index contributed by atoms with van der Waals surface area (Å²) in [7, 11) is 0. The first-order valence-electron chi connectivity index (χ1n) is 6.41. The van der Waals surface area contributed by atoms with Gasteiger partial charge in [0.15, 0.2) is 0 Å². The number of fused-ring (bicyclic) bond motifs is 2. The summed E-state index contributed by atoms with van der Waals surface area (Å²) < 4.78 is 5.34. The summed E-state index contributed by atoms with van der Waals surface area (Å²) >= 11 is 0. The van der Waals surface area contributed by atoms with E-state index < -0.39 is 30.0 Å². The van der Waals surface area contributed by atoms with Gasteiger partial charge in [0.2, 0.25) is 0 Å². The van der Waals surface area contributed by atoms with Gasteiger partial charge in [0.25, 0.3) is 11.8 Å². The van der Waals surface area contributed by atoms with Crippen LogP contribution in [0.5, 0.6) is 0 Å². The van der Waals surface area contributed by atoms with E-state index in [2.05, 4.69) is 0 Å². The van der Waals surface area contributed by atoms with Crippen LogP contribution >= 0.6 is 0 Å². The highest BCUT2D eigenvalue weighted by Gasteiger charge is 2.47. The van der Waals surface area contributed by atoms with Gasteiger partial charge in [-0.25, -0.2) is 4.90 Å². The molecule has 1 aromatic carbocycles. The van der Waals surface area contributed by atoms with Crippen molar-refractivity contribution >= 4 is 23.5 Å². The average Bonchev–Trinajstić information content (AvgIpc) is 2.85. The van der Waals surface area contributed by atoms with Crippen LogP contribution in [0.25, 0.3) is 0 Å². The van der Waals surface area contributed by atoms with Gasteiger partial charge in [0.1, 0.15) is 12.2 Å². The summed E-state index contributed by atoms with van der Waals surface area (Å²) in [6.07, 6.45) is -0.338. The molecule has 20 heavy (non-hydrogen) atoms. The first-order valence-corrected chi connectivity index (χ1v) is 6.41. The molecule has 3 rings (SSSR count). The molecule has 2 fully saturated rings. The molecule has 0 aliphatic carbocycles. The molecule has 2 amide bonds. The maximum absolute atomic E-state index is 12.3. The van der Waals surface area contributed by atoms with Crippen molar-refractivity contribution in [2.75, 3.05) is 4.90 Å². The molecule has 6 heteroatoms. The SMILES string of the molecule is O=C(O)Cc1ccccc1N1C(=O)C2CCC(O2)C1=O. The summed E-state index contributed by atoms with van der Waals surface area (Å²) in [4.78, 5) is 36.5. The molecule has 1 N–H and O–H groups in total. The minimum Gasteiger partial charge on any atom is -0.481 e. The predicted octanol–water partition coefficient (Wildman–Crippen LogP) is 0.734. The Morgan fingerprint density at radius 3 is 2.40 bits per heavy atom. The molecule has 104 valence electrons. The Morgan fingerprint density at radius 1 is 1.20 bits per heavy atom. The molecular formula is C14H13NO5. The molecule has 0 radical (unpaired) electrons. The van der Waals surface area contributed by atoms with Crippen LogP contribution in [-0.4, -0.2) is 35.1 Å². The van der Waals surface area contributed by atoms with Crippen LogP contribution in [-0.2, 0) is 25.5 Å². The number of aliphatic carboxylic acids is 1. The highest BCUT2D eigenvalue weighted by molar-refractivity contribution is 6.20. The van der Waals surface area contributed by atoms with Crippen LogP contribution in [0.1, 0.15) is 18.4 Å². The Bertz CT molecular complexity index is 575. The Balaban J connectivity index is 2.02. The van der Waals surface area contributed by atoms with E-state index in [-0.39, 0.29) is 6.42 Å². The number of carboxylic acids is 1. The van der Waals surface area contributed by atoms with E-state index in [1.807, 2.05) is 0 Å². The molecule has 2 aliphatic heterocycles. The van der Waals surface area contributed by atoms with Crippen molar-refractivity contribution in [3.63, 3.8) is 0 Å². The van der Waals surface area contributed by atoms with Gasteiger partial charge in [0.05, 0.1) is 12.1 Å². The molecule has 2 unspecified atom stereocenters. The molecule has 2 bridgehead atoms. The quantitative estimate of drug-likeness (QED) is 0.822. The standard InChI is InChI=1S/C14H13NO5/c16-12(17)7-8-3-1-2-4-9(8)15-13(18)10-5-6-11(20-10)14(15)19/h1-4,10-11H,5-7H2,(H,16,17). The van der Waals surface area contributed by atoms with Crippen molar-refractivity contribution < 1.29 is 24.2 Å². The van der Waals surface area contributed by atoms with Crippen molar-refractivity contribution in [1.82, 2.24) is 0 Å². The summed E-state index contributed by atoms with van der Waals surface area (Å²) in [6.45, 7) is 0. The molecule has 2 atom stereocenters. The number of imide groups is 1. The lowest BCUT2D eigenvalue weighted by Gasteiger charge is -2.31. The van der Waals surface area contributed by atoms with Crippen LogP contribution < -0.4 is 4.90 Å². The second-order valence-electron chi connectivity index (χ2n) is 4.90. The number of carboxylic acid groups (broad SMARTS) is 1. The Morgan fingerprint density at radius 2 is 1.80 bits per heavy atom. The lowest BCUT2D eigenvalue weighted by atomic mass is 10.1. The zero-order valence-electron chi connectivity index (χ0n) is 10.6. The third-order valence-electron chi connectivity index (χ3n) is 3.59. The summed E-state index contributed by atoms with van der Waals surface area (Å²) in [6, 6.07) is 6.57. The zero-order valence-corrected chi connectivity index (χ0v) is 10.6. The van der Waals surface area contributed by atoms with Crippen LogP contribution in [0.3, 0.4) is 0 Å². The Labute approximate surface area is 114 Å². The van der Waals surface area contributed by atoms with E-state index in [1.54, 1.807) is 24.3 Å². The molecule has 2 heterocycles. The molecule has 0 aromatic heterocycles. The first-order chi connectivity index (χ1) is 9.58. The number of morpholine rings is 1. The van der Waals surface area contributed by atoms with E-state index in [0.29, 0.717) is 24.1 Å². The number of benzene rings is 1. The monoisotopic (exact) mass is 275 g/mol. The fourth-order valence-corrected chi connectivity index (χ4v) is 2.68. The summed E-state index contributed by atoms with van der Waals surface area (Å²) in [5.74, 6) is -1.81. The van der Waals surface area contributed by atoms with E-state index in [0.717, 1.165) is 4.90 Å². The fraction of sp³-hybridized carbons (Fsp3) is 0.357.